The van der Waals surface area contributed by atoms with Crippen molar-refractivity contribution in [2.75, 3.05) is 7.11 Å². The Labute approximate surface area is 125 Å². The van der Waals surface area contributed by atoms with Crippen LogP contribution >= 0.6 is 11.6 Å². The molecule has 2 aromatic rings. The zero-order valence-corrected chi connectivity index (χ0v) is 11.8. The summed E-state index contributed by atoms with van der Waals surface area (Å²) in [6.45, 7) is 0. The number of ether oxygens (including phenoxy) is 2. The highest BCUT2D eigenvalue weighted by atomic mass is 35.5. The minimum Gasteiger partial charge on any atom is -0.493 e. The average Bonchev–Trinajstić information content (AvgIpc) is 2.48. The Hall–Kier alpha value is -2.34. The fourth-order valence-electron chi connectivity index (χ4n) is 1.73. The van der Waals surface area contributed by atoms with Crippen molar-refractivity contribution in [1.29, 1.82) is 0 Å². The van der Waals surface area contributed by atoms with Gasteiger partial charge in [0.1, 0.15) is 11.6 Å². The minimum atomic E-state index is -0.542. The fraction of sp³-hybridized carbons (Fsp3) is 0.143. The van der Waals surface area contributed by atoms with Crippen molar-refractivity contribution in [3.05, 3.63) is 57.9 Å². The number of hydrogen-bond acceptors (Lipinski definition) is 4. The average molecular weight is 312 g/mol. The first-order valence-corrected chi connectivity index (χ1v) is 6.43. The number of alkyl halides is 1. The lowest BCUT2D eigenvalue weighted by molar-refractivity contribution is -0.384. The second kappa shape index (κ2) is 6.41. The highest BCUT2D eigenvalue weighted by Crippen LogP contribution is 2.36. The van der Waals surface area contributed by atoms with Crippen molar-refractivity contribution >= 4 is 17.3 Å². The van der Waals surface area contributed by atoms with Gasteiger partial charge in [-0.15, -0.1) is 11.6 Å². The molecule has 0 saturated carbocycles. The van der Waals surface area contributed by atoms with Crippen LogP contribution in [0, 0.1) is 15.9 Å². The molecule has 0 amide bonds. The molecule has 2 aromatic carbocycles. The second-order valence-corrected chi connectivity index (χ2v) is 4.35. The normalized spacial score (nSPS) is 10.2. The van der Waals surface area contributed by atoms with Gasteiger partial charge in [0.15, 0.2) is 11.5 Å². The van der Waals surface area contributed by atoms with Gasteiger partial charge in [0.25, 0.3) is 5.69 Å². The first-order valence-electron chi connectivity index (χ1n) is 5.90. The van der Waals surface area contributed by atoms with Gasteiger partial charge in [-0.25, -0.2) is 4.39 Å². The number of nitro groups is 1. The molecule has 110 valence electrons. The van der Waals surface area contributed by atoms with E-state index in [1.165, 1.54) is 43.5 Å². The van der Waals surface area contributed by atoms with E-state index in [1.54, 1.807) is 0 Å². The molecule has 5 nitrogen and oxygen atoms in total. The van der Waals surface area contributed by atoms with Crippen LogP contribution in [0.25, 0.3) is 0 Å². The van der Waals surface area contributed by atoms with Crippen molar-refractivity contribution in [3.8, 4) is 17.2 Å². The van der Waals surface area contributed by atoms with Crippen LogP contribution in [0.15, 0.2) is 36.4 Å². The number of non-ortho nitro benzene ring substituents is 1. The second-order valence-electron chi connectivity index (χ2n) is 4.08. The summed E-state index contributed by atoms with van der Waals surface area (Å²) in [5.41, 5.74) is 0.297. The van der Waals surface area contributed by atoms with Crippen molar-refractivity contribution in [2.24, 2.45) is 0 Å². The molecule has 0 aliphatic carbocycles. The van der Waals surface area contributed by atoms with Crippen LogP contribution in [0.2, 0.25) is 0 Å². The van der Waals surface area contributed by atoms with E-state index in [9.17, 15) is 14.5 Å². The lowest BCUT2D eigenvalue weighted by Gasteiger charge is -2.12. The number of methoxy groups -OCH3 is 1. The van der Waals surface area contributed by atoms with E-state index in [4.69, 9.17) is 21.1 Å². The molecule has 2 rings (SSSR count). The quantitative estimate of drug-likeness (QED) is 0.470. The first-order chi connectivity index (χ1) is 10.0. The van der Waals surface area contributed by atoms with Gasteiger partial charge in [-0.1, -0.05) is 0 Å². The van der Waals surface area contributed by atoms with E-state index < -0.39 is 10.7 Å². The third-order valence-corrected chi connectivity index (χ3v) is 3.03. The predicted octanol–water partition coefficient (Wildman–Crippen LogP) is 4.27. The molecule has 0 bridgehead atoms. The van der Waals surface area contributed by atoms with Gasteiger partial charge in [0.2, 0.25) is 0 Å². The summed E-state index contributed by atoms with van der Waals surface area (Å²) in [5.74, 6) is 0.397. The van der Waals surface area contributed by atoms with Gasteiger partial charge >= 0.3 is 0 Å². The maximum absolute atomic E-state index is 13.2. The van der Waals surface area contributed by atoms with Gasteiger partial charge in [-0.2, -0.15) is 0 Å². The lowest BCUT2D eigenvalue weighted by atomic mass is 10.2. The molecular weight excluding hydrogens is 301 g/mol. The van der Waals surface area contributed by atoms with Crippen molar-refractivity contribution < 1.29 is 18.8 Å². The monoisotopic (exact) mass is 311 g/mol. The summed E-state index contributed by atoms with van der Waals surface area (Å²) < 4.78 is 23.8. The Bertz CT molecular complexity index is 678. The van der Waals surface area contributed by atoms with Gasteiger partial charge in [-0.3, -0.25) is 10.1 Å². The third-order valence-electron chi connectivity index (χ3n) is 2.74. The van der Waals surface area contributed by atoms with Crippen LogP contribution in [0.1, 0.15) is 5.56 Å². The highest BCUT2D eigenvalue weighted by Gasteiger charge is 2.15. The third kappa shape index (κ3) is 3.41. The summed E-state index contributed by atoms with van der Waals surface area (Å²) in [5, 5.41) is 10.8. The van der Waals surface area contributed by atoms with E-state index >= 15 is 0 Å². The zero-order valence-electron chi connectivity index (χ0n) is 11.0. The van der Waals surface area contributed by atoms with Gasteiger partial charge < -0.3 is 9.47 Å². The molecule has 0 aliphatic heterocycles. The van der Waals surface area contributed by atoms with Crippen molar-refractivity contribution in [3.63, 3.8) is 0 Å². The number of rotatable bonds is 5. The van der Waals surface area contributed by atoms with Gasteiger partial charge in [-0.05, 0) is 24.3 Å². The molecule has 0 heterocycles. The van der Waals surface area contributed by atoms with Crippen LogP contribution in [-0.4, -0.2) is 12.0 Å². The van der Waals surface area contributed by atoms with E-state index in [0.717, 1.165) is 0 Å². The first kappa shape index (κ1) is 15.1. The molecule has 0 radical (unpaired) electrons. The number of nitrogens with zero attached hydrogens (tertiary/aromatic N) is 1. The number of benzene rings is 2. The Kier molecular flexibility index (Phi) is 4.59. The molecule has 0 aliphatic rings. The lowest BCUT2D eigenvalue weighted by Crippen LogP contribution is -1.95. The number of hydrogen-bond donors (Lipinski definition) is 0. The molecule has 0 atom stereocenters. The highest BCUT2D eigenvalue weighted by molar-refractivity contribution is 6.17. The van der Waals surface area contributed by atoms with Gasteiger partial charge in [0.05, 0.1) is 24.0 Å². The van der Waals surface area contributed by atoms with E-state index in [1.807, 2.05) is 0 Å². The van der Waals surface area contributed by atoms with E-state index in [2.05, 4.69) is 0 Å². The SMILES string of the molecule is COc1ccc([N+](=O)[O-])cc1Oc1ccc(F)cc1CCl. The molecule has 21 heavy (non-hydrogen) atoms. The molecule has 7 heteroatoms. The summed E-state index contributed by atoms with van der Waals surface area (Å²) in [4.78, 5) is 10.3. The summed E-state index contributed by atoms with van der Waals surface area (Å²) in [7, 11) is 1.42. The Morgan fingerprint density at radius 2 is 1.90 bits per heavy atom. The maximum Gasteiger partial charge on any atom is 0.273 e. The fourth-order valence-corrected chi connectivity index (χ4v) is 1.94. The van der Waals surface area contributed by atoms with E-state index in [0.29, 0.717) is 17.1 Å². The van der Waals surface area contributed by atoms with Crippen molar-refractivity contribution in [1.82, 2.24) is 0 Å². The smallest absolute Gasteiger partial charge is 0.273 e. The molecule has 0 spiro atoms. The minimum absolute atomic E-state index is 0.0460. The van der Waals surface area contributed by atoms with Crippen LogP contribution in [0.3, 0.4) is 0 Å². The summed E-state index contributed by atoms with van der Waals surface area (Å²) in [6, 6.07) is 7.84. The predicted molar refractivity (Wildman–Crippen MR) is 75.7 cm³/mol. The number of halogens is 2. The molecule has 0 unspecified atom stereocenters. The van der Waals surface area contributed by atoms with Crippen LogP contribution in [0.5, 0.6) is 17.2 Å². The Balaban J connectivity index is 2.42. The largest absolute Gasteiger partial charge is 0.493 e. The Morgan fingerprint density at radius 1 is 1.19 bits per heavy atom. The standard InChI is InChI=1S/C14H11ClFNO4/c1-20-13-5-3-11(17(18)19)7-14(13)21-12-4-2-10(16)6-9(12)8-15/h2-7H,8H2,1H3. The molecular formula is C14H11ClFNO4. The van der Waals surface area contributed by atoms with E-state index in [-0.39, 0.29) is 17.3 Å². The topological polar surface area (TPSA) is 61.6 Å². The van der Waals surface area contributed by atoms with Crippen molar-refractivity contribution in [2.45, 2.75) is 5.88 Å². The molecule has 0 saturated heterocycles. The maximum atomic E-state index is 13.2. The van der Waals surface area contributed by atoms with Crippen LogP contribution in [0.4, 0.5) is 10.1 Å². The van der Waals surface area contributed by atoms with Crippen LogP contribution < -0.4 is 9.47 Å². The zero-order chi connectivity index (χ0) is 15.4. The Morgan fingerprint density at radius 3 is 2.52 bits per heavy atom. The molecule has 0 fully saturated rings. The number of nitro benzene ring substituents is 1. The van der Waals surface area contributed by atoms with Gasteiger partial charge in [0, 0.05) is 11.6 Å². The summed E-state index contributed by atoms with van der Waals surface area (Å²) in [6.07, 6.45) is 0. The summed E-state index contributed by atoms with van der Waals surface area (Å²) >= 11 is 5.74. The molecule has 0 aromatic heterocycles. The van der Waals surface area contributed by atoms with Crippen LogP contribution in [-0.2, 0) is 5.88 Å². The molecule has 0 N–H and O–H groups in total.